The number of anilines is 2. The molecule has 0 unspecified atom stereocenters. The van der Waals surface area contributed by atoms with Gasteiger partial charge in [0.15, 0.2) is 0 Å². The van der Waals surface area contributed by atoms with Gasteiger partial charge in [0.2, 0.25) is 5.91 Å². The van der Waals surface area contributed by atoms with Gasteiger partial charge in [0.25, 0.3) is 11.8 Å². The predicted molar refractivity (Wildman–Crippen MR) is 151 cm³/mol. The van der Waals surface area contributed by atoms with Crippen LogP contribution in [0.2, 0.25) is 0 Å². The molecule has 0 aliphatic heterocycles. The second kappa shape index (κ2) is 12.6. The zero-order chi connectivity index (χ0) is 26.9. The summed E-state index contributed by atoms with van der Waals surface area (Å²) in [6.45, 7) is 4.03. The van der Waals surface area contributed by atoms with Gasteiger partial charge in [0, 0.05) is 27.9 Å². The average Bonchev–Trinajstić information content (AvgIpc) is 3.44. The molecule has 1 heterocycles. The third kappa shape index (κ3) is 7.47. The lowest BCUT2D eigenvalue weighted by molar-refractivity contribution is -0.114. The normalized spacial score (nSPS) is 11.1. The number of nitrogens with one attached hydrogen (secondary N) is 3. The lowest BCUT2D eigenvalue weighted by Crippen LogP contribution is -2.30. The molecule has 0 aliphatic rings. The lowest BCUT2D eigenvalue weighted by Gasteiger charge is -2.11. The van der Waals surface area contributed by atoms with Gasteiger partial charge in [-0.25, -0.2) is 0 Å². The maximum Gasteiger partial charge on any atom is 0.272 e. The van der Waals surface area contributed by atoms with E-state index in [0.29, 0.717) is 17.0 Å². The van der Waals surface area contributed by atoms with Crippen LogP contribution in [0.25, 0.3) is 6.08 Å². The third-order valence-electron chi connectivity index (χ3n) is 5.63. The summed E-state index contributed by atoms with van der Waals surface area (Å²) < 4.78 is 5.32. The van der Waals surface area contributed by atoms with Crippen molar-refractivity contribution in [3.8, 4) is 0 Å². The largest absolute Gasteiger partial charge is 0.465 e. The number of carbonyl (C=O) groups is 3. The van der Waals surface area contributed by atoms with E-state index in [1.54, 1.807) is 48.5 Å². The van der Waals surface area contributed by atoms with Crippen LogP contribution in [0.15, 0.2) is 106 Å². The Hall–Kier alpha value is -4.56. The standard InChI is InChI=1S/C30H27N3O4S/c1-20-10-11-24(17-21(20)2)31-28(34)19-38-26-14-12-23(13-15-26)32-30(36)27(18-25-9-6-16-37-25)33-29(35)22-7-4-3-5-8-22/h3-18H,19H2,1-2H3,(H,31,34)(H,32,36)(H,33,35)/b27-18-. The van der Waals surface area contributed by atoms with Crippen LogP contribution in [0.5, 0.6) is 0 Å². The first-order valence-electron chi connectivity index (χ1n) is 11.9. The summed E-state index contributed by atoms with van der Waals surface area (Å²) in [6, 6.07) is 25.0. The molecule has 4 rings (SSSR count). The van der Waals surface area contributed by atoms with E-state index in [0.717, 1.165) is 16.1 Å². The Balaban J connectivity index is 1.36. The van der Waals surface area contributed by atoms with Crippen molar-refractivity contribution in [2.24, 2.45) is 0 Å². The quantitative estimate of drug-likeness (QED) is 0.183. The van der Waals surface area contributed by atoms with Crippen molar-refractivity contribution in [2.75, 3.05) is 16.4 Å². The summed E-state index contributed by atoms with van der Waals surface area (Å²) in [4.78, 5) is 38.9. The molecule has 8 heteroatoms. The molecule has 3 amide bonds. The van der Waals surface area contributed by atoms with Crippen molar-refractivity contribution in [2.45, 2.75) is 18.7 Å². The Labute approximate surface area is 225 Å². The van der Waals surface area contributed by atoms with Crippen LogP contribution < -0.4 is 16.0 Å². The summed E-state index contributed by atoms with van der Waals surface area (Å²) in [5.74, 6) is -0.338. The van der Waals surface area contributed by atoms with Gasteiger partial charge in [-0.05, 0) is 85.6 Å². The molecule has 1 aromatic heterocycles. The van der Waals surface area contributed by atoms with E-state index >= 15 is 0 Å². The molecule has 0 radical (unpaired) electrons. The van der Waals surface area contributed by atoms with Gasteiger partial charge in [-0.3, -0.25) is 14.4 Å². The first-order valence-corrected chi connectivity index (χ1v) is 12.9. The van der Waals surface area contributed by atoms with E-state index in [-0.39, 0.29) is 17.4 Å². The van der Waals surface area contributed by atoms with Crippen LogP contribution in [0.4, 0.5) is 11.4 Å². The van der Waals surface area contributed by atoms with Crippen LogP contribution in [0.3, 0.4) is 0 Å². The molecule has 3 aromatic carbocycles. The van der Waals surface area contributed by atoms with Crippen molar-refractivity contribution in [1.29, 1.82) is 0 Å². The van der Waals surface area contributed by atoms with Gasteiger partial charge < -0.3 is 20.4 Å². The van der Waals surface area contributed by atoms with E-state index in [1.165, 1.54) is 29.7 Å². The molecule has 192 valence electrons. The predicted octanol–water partition coefficient (Wildman–Crippen LogP) is 6.04. The maximum absolute atomic E-state index is 13.0. The molecule has 4 aromatic rings. The van der Waals surface area contributed by atoms with Gasteiger partial charge in [-0.15, -0.1) is 11.8 Å². The van der Waals surface area contributed by atoms with E-state index in [4.69, 9.17) is 4.42 Å². The van der Waals surface area contributed by atoms with Gasteiger partial charge in [-0.1, -0.05) is 24.3 Å². The highest BCUT2D eigenvalue weighted by Gasteiger charge is 2.16. The molecule has 0 bridgehead atoms. The van der Waals surface area contributed by atoms with Crippen LogP contribution in [-0.4, -0.2) is 23.5 Å². The highest BCUT2D eigenvalue weighted by Crippen LogP contribution is 2.22. The minimum atomic E-state index is -0.501. The Morgan fingerprint density at radius 3 is 2.24 bits per heavy atom. The molecule has 0 aliphatic carbocycles. The Kier molecular flexibility index (Phi) is 8.79. The van der Waals surface area contributed by atoms with Crippen molar-refractivity contribution in [3.05, 3.63) is 119 Å². The maximum atomic E-state index is 13.0. The summed E-state index contributed by atoms with van der Waals surface area (Å²) in [5, 5.41) is 8.37. The molecular weight excluding hydrogens is 498 g/mol. The zero-order valence-corrected chi connectivity index (χ0v) is 21.8. The van der Waals surface area contributed by atoms with Crippen molar-refractivity contribution >= 4 is 46.9 Å². The fourth-order valence-electron chi connectivity index (χ4n) is 3.46. The minimum absolute atomic E-state index is 0.0373. The first kappa shape index (κ1) is 26.5. The number of benzene rings is 3. The van der Waals surface area contributed by atoms with Gasteiger partial charge in [0.1, 0.15) is 11.5 Å². The Bertz CT molecular complexity index is 1450. The second-order valence-electron chi connectivity index (χ2n) is 8.51. The van der Waals surface area contributed by atoms with E-state index < -0.39 is 11.8 Å². The van der Waals surface area contributed by atoms with Crippen molar-refractivity contribution < 1.29 is 18.8 Å². The SMILES string of the molecule is Cc1ccc(NC(=O)CSc2ccc(NC(=O)/C(=C/c3ccco3)NC(=O)c3ccccc3)cc2)cc1C. The number of carbonyl (C=O) groups excluding carboxylic acids is 3. The summed E-state index contributed by atoms with van der Waals surface area (Å²) in [7, 11) is 0. The van der Waals surface area contributed by atoms with Crippen molar-refractivity contribution in [1.82, 2.24) is 5.32 Å². The topological polar surface area (TPSA) is 100 Å². The molecule has 3 N–H and O–H groups in total. The van der Waals surface area contributed by atoms with Crippen LogP contribution in [0, 0.1) is 13.8 Å². The van der Waals surface area contributed by atoms with E-state index in [9.17, 15) is 14.4 Å². The highest BCUT2D eigenvalue weighted by atomic mass is 32.2. The van der Waals surface area contributed by atoms with E-state index in [1.807, 2.05) is 50.2 Å². The lowest BCUT2D eigenvalue weighted by atomic mass is 10.1. The summed E-state index contributed by atoms with van der Waals surface area (Å²) in [6.07, 6.45) is 2.95. The van der Waals surface area contributed by atoms with Crippen LogP contribution >= 0.6 is 11.8 Å². The third-order valence-corrected chi connectivity index (χ3v) is 6.64. The molecule has 0 saturated carbocycles. The number of rotatable bonds is 9. The smallest absolute Gasteiger partial charge is 0.272 e. The fourth-order valence-corrected chi connectivity index (χ4v) is 4.15. The van der Waals surface area contributed by atoms with Crippen molar-refractivity contribution in [3.63, 3.8) is 0 Å². The molecule has 0 saturated heterocycles. The van der Waals surface area contributed by atoms with Gasteiger partial charge >= 0.3 is 0 Å². The van der Waals surface area contributed by atoms with Crippen LogP contribution in [0.1, 0.15) is 27.2 Å². The first-order chi connectivity index (χ1) is 18.4. The molecule has 7 nitrogen and oxygen atoms in total. The van der Waals surface area contributed by atoms with Gasteiger partial charge in [-0.2, -0.15) is 0 Å². The zero-order valence-electron chi connectivity index (χ0n) is 21.0. The monoisotopic (exact) mass is 525 g/mol. The minimum Gasteiger partial charge on any atom is -0.465 e. The fraction of sp³-hybridized carbons (Fsp3) is 0.100. The average molecular weight is 526 g/mol. The van der Waals surface area contributed by atoms with Gasteiger partial charge in [0.05, 0.1) is 12.0 Å². The number of thioether (sulfide) groups is 1. The molecule has 38 heavy (non-hydrogen) atoms. The molecule has 0 atom stereocenters. The number of hydrogen-bond acceptors (Lipinski definition) is 5. The van der Waals surface area contributed by atoms with Crippen LogP contribution in [-0.2, 0) is 9.59 Å². The summed E-state index contributed by atoms with van der Waals surface area (Å²) >= 11 is 1.39. The second-order valence-corrected chi connectivity index (χ2v) is 9.56. The number of aryl methyl sites for hydroxylation is 2. The number of hydrogen-bond donors (Lipinski definition) is 3. The van der Waals surface area contributed by atoms with E-state index in [2.05, 4.69) is 16.0 Å². The number of furan rings is 1. The Morgan fingerprint density at radius 1 is 0.816 bits per heavy atom. The molecular formula is C30H27N3O4S. The molecule has 0 fully saturated rings. The molecule has 0 spiro atoms. The number of amides is 3. The summed E-state index contributed by atoms with van der Waals surface area (Å²) in [5.41, 5.74) is 4.07. The Morgan fingerprint density at radius 2 is 1.55 bits per heavy atom. The highest BCUT2D eigenvalue weighted by molar-refractivity contribution is 8.00.